The summed E-state index contributed by atoms with van der Waals surface area (Å²) in [6, 6.07) is 1.70. The number of carbonyl (C=O) groups excluding carboxylic acids is 2. The lowest BCUT2D eigenvalue weighted by Gasteiger charge is -2.26. The average Bonchev–Trinajstić information content (AvgIpc) is 3.06. The number of nitrogens with one attached hydrogen (secondary N) is 2. The first-order chi connectivity index (χ1) is 10.7. The molecule has 1 unspecified atom stereocenters. The number of aromatic nitrogens is 2. The van der Waals surface area contributed by atoms with Gasteiger partial charge in [0.05, 0.1) is 5.54 Å². The Morgan fingerprint density at radius 1 is 1.43 bits per heavy atom. The van der Waals surface area contributed by atoms with Crippen LogP contribution in [0, 0.1) is 0 Å². The van der Waals surface area contributed by atoms with Gasteiger partial charge in [0.2, 0.25) is 0 Å². The van der Waals surface area contributed by atoms with E-state index in [1.54, 1.807) is 6.07 Å². The Bertz CT molecular complexity index is 638. The zero-order valence-electron chi connectivity index (χ0n) is 12.5. The summed E-state index contributed by atoms with van der Waals surface area (Å²) in [5.41, 5.74) is 0.0942. The molecule has 1 atom stereocenters. The molecule has 0 bridgehead atoms. The quantitative estimate of drug-likeness (QED) is 0.883. The summed E-state index contributed by atoms with van der Waals surface area (Å²) >= 11 is 0. The fourth-order valence-corrected chi connectivity index (χ4v) is 2.79. The van der Waals surface area contributed by atoms with Gasteiger partial charge in [-0.2, -0.15) is 18.3 Å². The molecular formula is C14H17F3N4O2. The number of rotatable bonds is 3. The molecule has 1 aromatic rings. The third-order valence-electron chi connectivity index (χ3n) is 4.27. The molecule has 0 spiro atoms. The van der Waals surface area contributed by atoms with Crippen molar-refractivity contribution >= 4 is 11.8 Å². The summed E-state index contributed by atoms with van der Waals surface area (Å²) in [6.07, 6.45) is -2.52. The highest BCUT2D eigenvalue weighted by Gasteiger charge is 2.45. The van der Waals surface area contributed by atoms with Crippen molar-refractivity contribution < 1.29 is 22.8 Å². The topological polar surface area (TPSA) is 78.1 Å². The van der Waals surface area contributed by atoms with E-state index in [0.717, 1.165) is 18.5 Å². The molecular weight excluding hydrogens is 313 g/mol. The molecule has 0 radical (unpaired) electrons. The average molecular weight is 330 g/mol. The Labute approximate surface area is 130 Å². The molecule has 2 heterocycles. The first kappa shape index (κ1) is 15.8. The fourth-order valence-electron chi connectivity index (χ4n) is 2.79. The molecule has 1 aliphatic carbocycles. The molecule has 1 aromatic heterocycles. The van der Waals surface area contributed by atoms with Gasteiger partial charge in [-0.25, -0.2) is 0 Å². The summed E-state index contributed by atoms with van der Waals surface area (Å²) in [5, 5.41) is 8.79. The zero-order chi connectivity index (χ0) is 16.8. The smallest absolute Gasteiger partial charge is 0.341 e. The van der Waals surface area contributed by atoms with Gasteiger partial charge in [0, 0.05) is 24.7 Å². The van der Waals surface area contributed by atoms with E-state index in [1.165, 1.54) is 11.8 Å². The number of amides is 2. The first-order valence-electron chi connectivity index (χ1n) is 7.42. The predicted molar refractivity (Wildman–Crippen MR) is 73.7 cm³/mol. The van der Waals surface area contributed by atoms with Gasteiger partial charge in [-0.3, -0.25) is 14.7 Å². The van der Waals surface area contributed by atoms with Crippen LogP contribution in [0.5, 0.6) is 0 Å². The normalized spacial score (nSPS) is 24.8. The van der Waals surface area contributed by atoms with Crippen LogP contribution in [-0.4, -0.2) is 51.7 Å². The SMILES string of the molecule is CC1(NC(=O)C(F)(F)F)CCN(C(=O)c2cc(C3CC3)[nH]n2)C1. The number of H-pyrrole nitrogens is 1. The summed E-state index contributed by atoms with van der Waals surface area (Å²) < 4.78 is 37.1. The zero-order valence-corrected chi connectivity index (χ0v) is 12.5. The second-order valence-corrected chi connectivity index (χ2v) is 6.47. The number of alkyl halides is 3. The molecule has 9 heteroatoms. The van der Waals surface area contributed by atoms with Crippen molar-refractivity contribution in [3.63, 3.8) is 0 Å². The molecule has 2 fully saturated rings. The van der Waals surface area contributed by atoms with E-state index in [2.05, 4.69) is 10.2 Å². The summed E-state index contributed by atoms with van der Waals surface area (Å²) in [6.45, 7) is 1.81. The van der Waals surface area contributed by atoms with Gasteiger partial charge in [0.25, 0.3) is 5.91 Å². The maximum absolute atomic E-state index is 12.4. The van der Waals surface area contributed by atoms with Crippen LogP contribution in [0.1, 0.15) is 48.3 Å². The highest BCUT2D eigenvalue weighted by molar-refractivity contribution is 5.93. The summed E-state index contributed by atoms with van der Waals surface area (Å²) in [4.78, 5) is 24.9. The van der Waals surface area contributed by atoms with Crippen LogP contribution in [-0.2, 0) is 4.79 Å². The van der Waals surface area contributed by atoms with E-state index in [1.807, 2.05) is 5.32 Å². The number of carbonyl (C=O) groups is 2. The number of likely N-dealkylation sites (tertiary alicyclic amines) is 1. The van der Waals surface area contributed by atoms with Crippen molar-refractivity contribution in [3.05, 3.63) is 17.5 Å². The Morgan fingerprint density at radius 3 is 2.74 bits per heavy atom. The van der Waals surface area contributed by atoms with Crippen molar-refractivity contribution in [2.75, 3.05) is 13.1 Å². The number of aromatic amines is 1. The molecule has 3 rings (SSSR count). The van der Waals surface area contributed by atoms with E-state index in [0.29, 0.717) is 5.92 Å². The summed E-state index contributed by atoms with van der Waals surface area (Å²) in [5.74, 6) is -1.89. The van der Waals surface area contributed by atoms with E-state index in [4.69, 9.17) is 0 Å². The van der Waals surface area contributed by atoms with E-state index < -0.39 is 17.6 Å². The van der Waals surface area contributed by atoms with Crippen molar-refractivity contribution in [2.24, 2.45) is 0 Å². The molecule has 6 nitrogen and oxygen atoms in total. The van der Waals surface area contributed by atoms with Gasteiger partial charge in [-0.05, 0) is 32.3 Å². The van der Waals surface area contributed by atoms with Crippen LogP contribution in [0.4, 0.5) is 13.2 Å². The molecule has 2 amide bonds. The molecule has 1 saturated heterocycles. The summed E-state index contributed by atoms with van der Waals surface area (Å²) in [7, 11) is 0. The predicted octanol–water partition coefficient (Wildman–Crippen LogP) is 1.57. The number of halogens is 3. The number of hydrogen-bond acceptors (Lipinski definition) is 3. The highest BCUT2D eigenvalue weighted by atomic mass is 19.4. The van der Waals surface area contributed by atoms with E-state index in [-0.39, 0.29) is 31.1 Å². The number of nitrogens with zero attached hydrogens (tertiary/aromatic N) is 2. The molecule has 0 aromatic carbocycles. The second kappa shape index (κ2) is 5.24. The molecule has 126 valence electrons. The lowest BCUT2D eigenvalue weighted by molar-refractivity contribution is -0.175. The van der Waals surface area contributed by atoms with E-state index >= 15 is 0 Å². The third kappa shape index (κ3) is 3.32. The Balaban J connectivity index is 1.63. The minimum absolute atomic E-state index is 0.0271. The van der Waals surface area contributed by atoms with Crippen LogP contribution in [0.25, 0.3) is 0 Å². The first-order valence-corrected chi connectivity index (χ1v) is 7.42. The standard InChI is InChI=1S/C14H17F3N4O2/c1-13(18-12(23)14(15,16)17)4-5-21(7-13)11(22)10-6-9(19-20-10)8-2-3-8/h6,8H,2-5,7H2,1H3,(H,18,23)(H,19,20). The Kier molecular flexibility index (Phi) is 3.61. The van der Waals surface area contributed by atoms with Gasteiger partial charge in [-0.1, -0.05) is 0 Å². The minimum atomic E-state index is -4.93. The maximum atomic E-state index is 12.4. The van der Waals surface area contributed by atoms with Gasteiger partial charge in [-0.15, -0.1) is 0 Å². The third-order valence-corrected chi connectivity index (χ3v) is 4.27. The molecule has 2 N–H and O–H groups in total. The van der Waals surface area contributed by atoms with Crippen LogP contribution in [0.15, 0.2) is 6.07 Å². The molecule has 23 heavy (non-hydrogen) atoms. The van der Waals surface area contributed by atoms with Gasteiger partial charge >= 0.3 is 12.1 Å². The van der Waals surface area contributed by atoms with Gasteiger partial charge in [0.1, 0.15) is 5.69 Å². The van der Waals surface area contributed by atoms with Crippen LogP contribution in [0.2, 0.25) is 0 Å². The van der Waals surface area contributed by atoms with Crippen molar-refractivity contribution in [3.8, 4) is 0 Å². The second-order valence-electron chi connectivity index (χ2n) is 6.47. The number of hydrogen-bond donors (Lipinski definition) is 2. The van der Waals surface area contributed by atoms with Crippen molar-refractivity contribution in [1.29, 1.82) is 0 Å². The Hall–Kier alpha value is -2.06. The molecule has 1 saturated carbocycles. The van der Waals surface area contributed by atoms with Crippen LogP contribution >= 0.6 is 0 Å². The van der Waals surface area contributed by atoms with Gasteiger partial charge in [0.15, 0.2) is 0 Å². The van der Waals surface area contributed by atoms with Crippen LogP contribution in [0.3, 0.4) is 0 Å². The monoisotopic (exact) mass is 330 g/mol. The van der Waals surface area contributed by atoms with Crippen LogP contribution < -0.4 is 5.32 Å². The molecule has 2 aliphatic rings. The lowest BCUT2D eigenvalue weighted by Crippen LogP contribution is -2.52. The lowest BCUT2D eigenvalue weighted by atomic mass is 10.0. The van der Waals surface area contributed by atoms with Gasteiger partial charge < -0.3 is 10.2 Å². The van der Waals surface area contributed by atoms with E-state index in [9.17, 15) is 22.8 Å². The largest absolute Gasteiger partial charge is 0.471 e. The Morgan fingerprint density at radius 2 is 2.13 bits per heavy atom. The maximum Gasteiger partial charge on any atom is 0.471 e. The fraction of sp³-hybridized carbons (Fsp3) is 0.643. The molecule has 1 aliphatic heterocycles. The van der Waals surface area contributed by atoms with Crippen molar-refractivity contribution in [2.45, 2.75) is 43.8 Å². The van der Waals surface area contributed by atoms with Crippen molar-refractivity contribution in [1.82, 2.24) is 20.4 Å². The minimum Gasteiger partial charge on any atom is -0.341 e. The highest BCUT2D eigenvalue weighted by Crippen LogP contribution is 2.39.